The highest BCUT2D eigenvalue weighted by Gasteiger charge is 2.25. The predicted octanol–water partition coefficient (Wildman–Crippen LogP) is 6.51. The molecule has 0 N–H and O–H groups in total. The monoisotopic (exact) mass is 453 g/mol. The third kappa shape index (κ3) is 6.92. The van der Waals surface area contributed by atoms with Crippen LogP contribution in [0.4, 0.5) is 4.79 Å². The van der Waals surface area contributed by atoms with Gasteiger partial charge in [-0.1, -0.05) is 31.9 Å². The summed E-state index contributed by atoms with van der Waals surface area (Å²) in [4.78, 5) is 23.1. The molecule has 6 nitrogen and oxygen atoms in total. The van der Waals surface area contributed by atoms with Crippen LogP contribution in [0.1, 0.15) is 88.6 Å². The minimum absolute atomic E-state index is 0.151. The molecule has 6 heteroatoms. The summed E-state index contributed by atoms with van der Waals surface area (Å²) in [6.45, 7) is 10.1. The Bertz CT molecular complexity index is 894. The smallest absolute Gasteiger partial charge is 0.410 e. The van der Waals surface area contributed by atoms with Gasteiger partial charge in [0.1, 0.15) is 18.7 Å². The van der Waals surface area contributed by atoms with E-state index in [0.717, 1.165) is 59.5 Å². The van der Waals surface area contributed by atoms with Crippen molar-refractivity contribution < 1.29 is 14.3 Å². The fourth-order valence-electron chi connectivity index (χ4n) is 4.61. The number of hydrogen-bond donors (Lipinski definition) is 0. The maximum atomic E-state index is 12.6. The number of aromatic nitrogens is 2. The van der Waals surface area contributed by atoms with E-state index in [0.29, 0.717) is 0 Å². The molecule has 0 atom stereocenters. The van der Waals surface area contributed by atoms with Crippen molar-refractivity contribution in [2.45, 2.75) is 97.3 Å². The highest BCUT2D eigenvalue weighted by Crippen LogP contribution is 2.26. The lowest BCUT2D eigenvalue weighted by atomic mass is 9.97. The molecule has 2 fully saturated rings. The lowest BCUT2D eigenvalue weighted by Gasteiger charge is -2.24. The van der Waals surface area contributed by atoms with E-state index >= 15 is 0 Å². The van der Waals surface area contributed by atoms with E-state index in [9.17, 15) is 4.79 Å². The normalized spacial score (nSPS) is 18.3. The molecule has 33 heavy (non-hydrogen) atoms. The Labute approximate surface area is 198 Å². The van der Waals surface area contributed by atoms with E-state index in [1.54, 1.807) is 11.2 Å². The minimum Gasteiger partial charge on any atom is -0.490 e. The minimum atomic E-state index is -0.289. The molecule has 1 amide bonds. The summed E-state index contributed by atoms with van der Waals surface area (Å²) in [6.07, 6.45) is 15.9. The molecule has 2 saturated carbocycles. The van der Waals surface area contributed by atoms with E-state index in [1.165, 1.54) is 32.1 Å². The average Bonchev–Trinajstić information content (AvgIpc) is 3.35. The quantitative estimate of drug-likeness (QED) is 0.332. The Balaban J connectivity index is 1.72. The van der Waals surface area contributed by atoms with Crippen molar-refractivity contribution in [2.75, 3.05) is 7.05 Å². The van der Waals surface area contributed by atoms with Gasteiger partial charge in [0, 0.05) is 24.3 Å². The van der Waals surface area contributed by atoms with Gasteiger partial charge in [0.05, 0.1) is 11.8 Å². The molecule has 2 aliphatic carbocycles. The van der Waals surface area contributed by atoms with Gasteiger partial charge in [-0.15, -0.1) is 0 Å². The number of amides is 1. The van der Waals surface area contributed by atoms with Crippen molar-refractivity contribution in [1.82, 2.24) is 14.9 Å². The highest BCUT2D eigenvalue weighted by molar-refractivity contribution is 5.69. The molecule has 3 rings (SSSR count). The third-order valence-electron chi connectivity index (χ3n) is 6.79. The molecule has 0 bridgehead atoms. The second kappa shape index (κ2) is 12.0. The van der Waals surface area contributed by atoms with Crippen molar-refractivity contribution in [3.8, 4) is 0 Å². The number of aryl methyl sites for hydroxylation is 1. The summed E-state index contributed by atoms with van der Waals surface area (Å²) >= 11 is 0. The molecule has 0 aliphatic heterocycles. The molecule has 2 aliphatic rings. The van der Waals surface area contributed by atoms with Crippen molar-refractivity contribution in [2.24, 2.45) is 0 Å². The first-order chi connectivity index (χ1) is 15.9. The first-order valence-corrected chi connectivity index (χ1v) is 12.3. The largest absolute Gasteiger partial charge is 0.490 e. The van der Waals surface area contributed by atoms with E-state index < -0.39 is 0 Å². The Morgan fingerprint density at radius 1 is 1.09 bits per heavy atom. The summed E-state index contributed by atoms with van der Waals surface area (Å²) in [6, 6.07) is 0.279. The van der Waals surface area contributed by atoms with Gasteiger partial charge in [0.15, 0.2) is 0 Å². The zero-order chi connectivity index (χ0) is 23.8. The molecular weight excluding hydrogens is 414 g/mol. The molecule has 0 spiro atoms. The topological polar surface area (TPSA) is 64.6 Å². The number of carbonyl (C=O) groups excluding carboxylic acids is 1. The molecule has 1 aromatic rings. The van der Waals surface area contributed by atoms with E-state index in [2.05, 4.69) is 16.5 Å². The molecular formula is C27H39N3O3. The molecule has 0 radical (unpaired) electrons. The summed E-state index contributed by atoms with van der Waals surface area (Å²) in [5.41, 5.74) is 4.30. The SMILES string of the molecule is C=C(C)/C(=C\C=C(/C)c1ncnc(C)c1COC(=O)N(C)C1CCCC1)OC1CCCCC1. The number of allylic oxidation sites excluding steroid dienone is 4. The summed E-state index contributed by atoms with van der Waals surface area (Å²) in [5.74, 6) is 0.818. The summed E-state index contributed by atoms with van der Waals surface area (Å²) in [5, 5.41) is 0. The standard InChI is InChI=1S/C27H39N3O3/c1-19(2)25(33-23-13-7-6-8-14-23)16-15-20(3)26-24(21(4)28-18-29-26)17-32-27(31)30(5)22-11-9-10-12-22/h15-16,18,22-23H,1,6-14,17H2,2-5H3/b20-15+,25-16+. The van der Waals surface area contributed by atoms with Crippen LogP contribution in [0.25, 0.3) is 5.57 Å². The lowest BCUT2D eigenvalue weighted by molar-refractivity contribution is 0.0876. The van der Waals surface area contributed by atoms with Gasteiger partial charge in [-0.2, -0.15) is 0 Å². The number of ether oxygens (including phenoxy) is 2. The van der Waals surface area contributed by atoms with Crippen molar-refractivity contribution in [3.63, 3.8) is 0 Å². The maximum absolute atomic E-state index is 12.6. The third-order valence-corrected chi connectivity index (χ3v) is 6.79. The van der Waals surface area contributed by atoms with Crippen LogP contribution in [-0.4, -0.2) is 40.2 Å². The van der Waals surface area contributed by atoms with Crippen molar-refractivity contribution in [3.05, 3.63) is 53.3 Å². The van der Waals surface area contributed by atoms with Gasteiger partial charge >= 0.3 is 6.09 Å². The number of rotatable bonds is 8. The number of hydrogen-bond acceptors (Lipinski definition) is 5. The van der Waals surface area contributed by atoms with Crippen LogP contribution < -0.4 is 0 Å². The van der Waals surface area contributed by atoms with Gasteiger partial charge in [0.25, 0.3) is 0 Å². The van der Waals surface area contributed by atoms with Crippen LogP contribution in [-0.2, 0) is 16.1 Å². The zero-order valence-corrected chi connectivity index (χ0v) is 20.7. The molecule has 180 valence electrons. The lowest BCUT2D eigenvalue weighted by Crippen LogP contribution is -2.35. The van der Waals surface area contributed by atoms with Crippen LogP contribution in [0.5, 0.6) is 0 Å². The molecule has 1 heterocycles. The van der Waals surface area contributed by atoms with Gasteiger partial charge in [-0.3, -0.25) is 0 Å². The molecule has 0 unspecified atom stereocenters. The van der Waals surface area contributed by atoms with E-state index in [1.807, 2.05) is 40.0 Å². The fourth-order valence-corrected chi connectivity index (χ4v) is 4.61. The van der Waals surface area contributed by atoms with Crippen LogP contribution in [0.3, 0.4) is 0 Å². The van der Waals surface area contributed by atoms with Gasteiger partial charge in [0.2, 0.25) is 0 Å². The van der Waals surface area contributed by atoms with Gasteiger partial charge in [-0.25, -0.2) is 14.8 Å². The Morgan fingerprint density at radius 2 is 1.76 bits per heavy atom. The van der Waals surface area contributed by atoms with Crippen LogP contribution in [0.2, 0.25) is 0 Å². The molecule has 0 aromatic carbocycles. The van der Waals surface area contributed by atoms with Crippen molar-refractivity contribution >= 4 is 11.7 Å². The number of nitrogens with zero attached hydrogens (tertiary/aromatic N) is 3. The van der Waals surface area contributed by atoms with Gasteiger partial charge in [-0.05, 0) is 76.5 Å². The average molecular weight is 454 g/mol. The highest BCUT2D eigenvalue weighted by atomic mass is 16.6. The second-order valence-corrected chi connectivity index (χ2v) is 9.43. The van der Waals surface area contributed by atoms with Crippen LogP contribution in [0.15, 0.2) is 36.4 Å². The Hall–Kier alpha value is -2.63. The predicted molar refractivity (Wildman–Crippen MR) is 131 cm³/mol. The maximum Gasteiger partial charge on any atom is 0.410 e. The van der Waals surface area contributed by atoms with E-state index in [4.69, 9.17) is 9.47 Å². The first kappa shape index (κ1) is 25.0. The molecule has 0 saturated heterocycles. The Morgan fingerprint density at radius 3 is 2.42 bits per heavy atom. The first-order valence-electron chi connectivity index (χ1n) is 12.3. The summed E-state index contributed by atoms with van der Waals surface area (Å²) < 4.78 is 11.9. The zero-order valence-electron chi connectivity index (χ0n) is 20.7. The van der Waals surface area contributed by atoms with Crippen LogP contribution >= 0.6 is 0 Å². The van der Waals surface area contributed by atoms with Crippen LogP contribution in [0, 0.1) is 6.92 Å². The molecule has 1 aromatic heterocycles. The Kier molecular flexibility index (Phi) is 9.10. The summed E-state index contributed by atoms with van der Waals surface area (Å²) in [7, 11) is 1.83. The van der Waals surface area contributed by atoms with E-state index in [-0.39, 0.29) is 24.8 Å². The van der Waals surface area contributed by atoms with Crippen molar-refractivity contribution in [1.29, 1.82) is 0 Å². The number of carbonyl (C=O) groups is 1. The second-order valence-electron chi connectivity index (χ2n) is 9.43. The fraction of sp³-hybridized carbons (Fsp3) is 0.593. The van der Waals surface area contributed by atoms with Gasteiger partial charge < -0.3 is 14.4 Å².